The van der Waals surface area contributed by atoms with Gasteiger partial charge in [0.15, 0.2) is 11.2 Å². The molecule has 9 heteroatoms. The Morgan fingerprint density at radius 1 is 1.39 bits per heavy atom. The molecule has 0 aliphatic carbocycles. The van der Waals surface area contributed by atoms with Gasteiger partial charge >= 0.3 is 5.69 Å². The molecule has 1 saturated heterocycles. The summed E-state index contributed by atoms with van der Waals surface area (Å²) < 4.78 is 14.0. The second-order valence-electron chi connectivity index (χ2n) is 7.91. The molecule has 1 aliphatic heterocycles. The standard InChI is InChI=1S/C22H26ClN5O3/c1-5-15-7-14(6-11(2)30-15)28-19-16-8-17(23)26-12(3)20(16)31-21(19)18(27-22(28)29)13(9-24)10-25-4/h8-11,14-15H,5-7,24H2,1-4H3/b13-9+,25-10?. The van der Waals surface area contributed by atoms with E-state index in [0.717, 1.165) is 18.2 Å². The molecule has 3 atom stereocenters. The molecule has 1 aliphatic rings. The fourth-order valence-electron chi connectivity index (χ4n) is 4.45. The molecular weight excluding hydrogens is 418 g/mol. The molecule has 0 saturated carbocycles. The summed E-state index contributed by atoms with van der Waals surface area (Å²) in [6, 6.07) is 1.65. The van der Waals surface area contributed by atoms with E-state index in [-0.39, 0.29) is 23.9 Å². The fraction of sp³-hybridized carbons (Fsp3) is 0.455. The van der Waals surface area contributed by atoms with Crippen LogP contribution in [-0.2, 0) is 4.74 Å². The van der Waals surface area contributed by atoms with Crippen LogP contribution in [0.25, 0.3) is 27.6 Å². The molecule has 0 spiro atoms. The van der Waals surface area contributed by atoms with Gasteiger partial charge in [0.2, 0.25) is 0 Å². The van der Waals surface area contributed by atoms with E-state index in [1.165, 1.54) is 6.20 Å². The first-order chi connectivity index (χ1) is 14.9. The Morgan fingerprint density at radius 3 is 2.84 bits per heavy atom. The molecule has 8 nitrogen and oxygen atoms in total. The van der Waals surface area contributed by atoms with E-state index in [2.05, 4.69) is 21.9 Å². The van der Waals surface area contributed by atoms with Crippen LogP contribution in [0.15, 0.2) is 26.5 Å². The highest BCUT2D eigenvalue weighted by molar-refractivity contribution is 6.30. The van der Waals surface area contributed by atoms with E-state index in [1.54, 1.807) is 23.9 Å². The van der Waals surface area contributed by atoms with Crippen molar-refractivity contribution in [2.45, 2.75) is 58.3 Å². The van der Waals surface area contributed by atoms with Crippen LogP contribution in [0.4, 0.5) is 0 Å². The SMILES string of the molecule is CCC1CC(n2c(=O)nc(/C(C=NC)=C/N)c3oc4c(C)nc(Cl)cc4c32)CC(C)O1. The maximum atomic E-state index is 13.4. The zero-order valence-corrected chi connectivity index (χ0v) is 18.8. The normalized spacial score (nSPS) is 22.7. The Morgan fingerprint density at radius 2 is 2.16 bits per heavy atom. The van der Waals surface area contributed by atoms with E-state index >= 15 is 0 Å². The van der Waals surface area contributed by atoms with Crippen molar-refractivity contribution in [2.75, 3.05) is 7.05 Å². The van der Waals surface area contributed by atoms with Gasteiger partial charge in [0.25, 0.3) is 0 Å². The summed E-state index contributed by atoms with van der Waals surface area (Å²) in [6.45, 7) is 5.94. The highest BCUT2D eigenvalue weighted by Gasteiger charge is 2.31. The van der Waals surface area contributed by atoms with Crippen molar-refractivity contribution in [3.63, 3.8) is 0 Å². The Bertz CT molecular complexity index is 1260. The second kappa shape index (κ2) is 8.43. The molecule has 3 unspecified atom stereocenters. The van der Waals surface area contributed by atoms with Crippen molar-refractivity contribution in [3.8, 4) is 0 Å². The number of halogens is 1. The summed E-state index contributed by atoms with van der Waals surface area (Å²) in [7, 11) is 1.63. The monoisotopic (exact) mass is 443 g/mol. The molecule has 3 aromatic heterocycles. The van der Waals surface area contributed by atoms with Crippen LogP contribution in [0.5, 0.6) is 0 Å². The number of aliphatic imine (C=N–C) groups is 1. The molecule has 4 heterocycles. The van der Waals surface area contributed by atoms with Gasteiger partial charge in [0.1, 0.15) is 16.4 Å². The van der Waals surface area contributed by atoms with Crippen LogP contribution in [0.1, 0.15) is 50.5 Å². The van der Waals surface area contributed by atoms with E-state index in [4.69, 9.17) is 26.5 Å². The average Bonchev–Trinajstić information content (AvgIpc) is 3.10. The largest absolute Gasteiger partial charge is 0.450 e. The molecule has 0 amide bonds. The summed E-state index contributed by atoms with van der Waals surface area (Å²) in [5, 5.41) is 1.06. The van der Waals surface area contributed by atoms with Gasteiger partial charge in [-0.1, -0.05) is 18.5 Å². The highest BCUT2D eigenvalue weighted by Crippen LogP contribution is 2.38. The van der Waals surface area contributed by atoms with E-state index in [1.807, 2.05) is 13.8 Å². The van der Waals surface area contributed by atoms with Crippen LogP contribution < -0.4 is 11.4 Å². The zero-order chi connectivity index (χ0) is 22.3. The minimum absolute atomic E-state index is 0.0298. The van der Waals surface area contributed by atoms with Crippen LogP contribution in [0, 0.1) is 6.92 Å². The summed E-state index contributed by atoms with van der Waals surface area (Å²) in [4.78, 5) is 26.1. The number of nitrogens with zero attached hydrogens (tertiary/aromatic N) is 4. The molecular formula is C22H26ClN5O3. The number of hydrogen-bond acceptors (Lipinski definition) is 7. The maximum absolute atomic E-state index is 13.4. The number of nitrogens with two attached hydrogens (primary N) is 1. The lowest BCUT2D eigenvalue weighted by Crippen LogP contribution is -2.37. The summed E-state index contributed by atoms with van der Waals surface area (Å²) in [5.41, 5.74) is 8.62. The van der Waals surface area contributed by atoms with Crippen LogP contribution in [0.3, 0.4) is 0 Å². The van der Waals surface area contributed by atoms with Gasteiger partial charge in [-0.05, 0) is 39.2 Å². The molecule has 0 radical (unpaired) electrons. The molecule has 0 aromatic carbocycles. The average molecular weight is 444 g/mol. The Labute approximate surface area is 184 Å². The minimum atomic E-state index is -0.367. The van der Waals surface area contributed by atoms with Crippen molar-refractivity contribution >= 4 is 45.5 Å². The third-order valence-electron chi connectivity index (χ3n) is 5.76. The molecule has 2 N–H and O–H groups in total. The van der Waals surface area contributed by atoms with Gasteiger partial charge in [-0.3, -0.25) is 9.56 Å². The smallest absolute Gasteiger partial charge is 0.349 e. The van der Waals surface area contributed by atoms with Crippen molar-refractivity contribution in [1.29, 1.82) is 0 Å². The lowest BCUT2D eigenvalue weighted by Gasteiger charge is -2.34. The lowest BCUT2D eigenvalue weighted by atomic mass is 9.97. The lowest BCUT2D eigenvalue weighted by molar-refractivity contribution is -0.0594. The quantitative estimate of drug-likeness (QED) is 0.481. The topological polar surface area (TPSA) is 109 Å². The molecule has 31 heavy (non-hydrogen) atoms. The number of rotatable bonds is 4. The van der Waals surface area contributed by atoms with Gasteiger partial charge in [0.05, 0.1) is 17.9 Å². The first-order valence-corrected chi connectivity index (χ1v) is 10.8. The molecule has 3 aromatic rings. The number of allylic oxidation sites excluding steroid dienone is 1. The Hall–Kier alpha value is -2.71. The third-order valence-corrected chi connectivity index (χ3v) is 5.95. The van der Waals surface area contributed by atoms with Crippen molar-refractivity contribution in [3.05, 3.63) is 39.3 Å². The molecule has 0 bridgehead atoms. The van der Waals surface area contributed by atoms with Gasteiger partial charge < -0.3 is 14.9 Å². The summed E-state index contributed by atoms with van der Waals surface area (Å²) in [6.07, 6.45) is 5.32. The third kappa shape index (κ3) is 3.74. The maximum Gasteiger partial charge on any atom is 0.349 e. The van der Waals surface area contributed by atoms with E-state index < -0.39 is 0 Å². The van der Waals surface area contributed by atoms with Crippen molar-refractivity contribution < 1.29 is 9.15 Å². The number of furan rings is 1. The highest BCUT2D eigenvalue weighted by atomic mass is 35.5. The number of aryl methyl sites for hydroxylation is 1. The van der Waals surface area contributed by atoms with Gasteiger partial charge in [-0.25, -0.2) is 9.78 Å². The fourth-order valence-corrected chi connectivity index (χ4v) is 4.68. The summed E-state index contributed by atoms with van der Waals surface area (Å²) >= 11 is 6.28. The molecule has 4 rings (SSSR count). The number of aromatic nitrogens is 3. The first-order valence-electron chi connectivity index (χ1n) is 10.4. The van der Waals surface area contributed by atoms with Crippen molar-refractivity contribution in [2.24, 2.45) is 10.7 Å². The van der Waals surface area contributed by atoms with Crippen LogP contribution in [0.2, 0.25) is 5.15 Å². The van der Waals surface area contributed by atoms with Gasteiger partial charge in [-0.2, -0.15) is 4.98 Å². The predicted octanol–water partition coefficient (Wildman–Crippen LogP) is 4.02. The first kappa shape index (κ1) is 21.5. The zero-order valence-electron chi connectivity index (χ0n) is 18.1. The number of ether oxygens (including phenoxy) is 1. The molecule has 1 fully saturated rings. The van der Waals surface area contributed by atoms with Crippen molar-refractivity contribution in [1.82, 2.24) is 14.5 Å². The number of fused-ring (bicyclic) bond motifs is 3. The summed E-state index contributed by atoms with van der Waals surface area (Å²) in [5.74, 6) is 0. The second-order valence-corrected chi connectivity index (χ2v) is 8.30. The van der Waals surface area contributed by atoms with E-state index in [0.29, 0.717) is 45.2 Å². The number of hydrogen-bond donors (Lipinski definition) is 1. The Balaban J connectivity index is 2.10. The predicted molar refractivity (Wildman–Crippen MR) is 123 cm³/mol. The van der Waals surface area contributed by atoms with Gasteiger partial charge in [-0.15, -0.1) is 0 Å². The van der Waals surface area contributed by atoms with E-state index in [9.17, 15) is 4.79 Å². The van der Waals surface area contributed by atoms with Crippen LogP contribution >= 0.6 is 11.6 Å². The van der Waals surface area contributed by atoms with Gasteiger partial charge in [0, 0.05) is 36.5 Å². The number of pyridine rings is 1. The molecule has 164 valence electrons. The van der Waals surface area contributed by atoms with Crippen LogP contribution in [-0.4, -0.2) is 40.0 Å². The minimum Gasteiger partial charge on any atom is -0.450 e. The Kier molecular flexibility index (Phi) is 5.85.